The van der Waals surface area contributed by atoms with Crippen molar-refractivity contribution in [3.8, 4) is 0 Å². The number of carboxylic acids is 1. The maximum Gasteiger partial charge on any atom is 0.412 e. The molecule has 0 spiro atoms. The van der Waals surface area contributed by atoms with Crippen LogP contribution in [0.1, 0.15) is 40.2 Å². The number of nitrogens with one attached hydrogen (secondary N) is 1. The summed E-state index contributed by atoms with van der Waals surface area (Å²) in [6, 6.07) is 5.03. The van der Waals surface area contributed by atoms with Crippen LogP contribution in [0.2, 0.25) is 5.02 Å². The second-order valence-electron chi connectivity index (χ2n) is 6.81. The first-order valence-corrected chi connectivity index (χ1v) is 7.30. The first kappa shape index (κ1) is 18.3. The summed E-state index contributed by atoms with van der Waals surface area (Å²) in [6.45, 7) is 8.58. The van der Waals surface area contributed by atoms with E-state index < -0.39 is 23.1 Å². The van der Waals surface area contributed by atoms with Crippen molar-refractivity contribution in [1.82, 2.24) is 0 Å². The molecule has 0 unspecified atom stereocenters. The fourth-order valence-corrected chi connectivity index (χ4v) is 1.94. The topological polar surface area (TPSA) is 75.6 Å². The molecule has 0 aromatic heterocycles. The normalized spacial score (nSPS) is 11.9. The summed E-state index contributed by atoms with van der Waals surface area (Å²) < 4.78 is 5.17. The molecule has 1 aromatic rings. The molecule has 6 heteroatoms. The van der Waals surface area contributed by atoms with Crippen LogP contribution in [0.5, 0.6) is 0 Å². The third-order valence-corrected chi connectivity index (χ3v) is 3.22. The zero-order valence-electron chi connectivity index (χ0n) is 13.5. The van der Waals surface area contributed by atoms with Crippen molar-refractivity contribution in [3.05, 3.63) is 28.8 Å². The average Bonchev–Trinajstić information content (AvgIpc) is 2.30. The first-order chi connectivity index (χ1) is 9.90. The summed E-state index contributed by atoms with van der Waals surface area (Å²) in [5, 5.41) is 12.1. The summed E-state index contributed by atoms with van der Waals surface area (Å²) in [6.07, 6.45) is -0.285. The number of ether oxygens (including phenoxy) is 1. The predicted molar refractivity (Wildman–Crippen MR) is 86.4 cm³/mol. The number of amides is 1. The highest BCUT2D eigenvalue weighted by Crippen LogP contribution is 2.28. The molecule has 0 radical (unpaired) electrons. The lowest BCUT2D eigenvalue weighted by Gasteiger charge is -2.21. The van der Waals surface area contributed by atoms with Gasteiger partial charge in [0.2, 0.25) is 0 Å². The van der Waals surface area contributed by atoms with Gasteiger partial charge in [-0.1, -0.05) is 17.7 Å². The number of benzene rings is 1. The van der Waals surface area contributed by atoms with Crippen molar-refractivity contribution in [3.63, 3.8) is 0 Å². The van der Waals surface area contributed by atoms with Crippen LogP contribution in [0.3, 0.4) is 0 Å². The molecule has 22 heavy (non-hydrogen) atoms. The largest absolute Gasteiger partial charge is 0.481 e. The molecule has 5 nitrogen and oxygen atoms in total. The summed E-state index contributed by atoms with van der Waals surface area (Å²) in [4.78, 5) is 23.0. The molecule has 1 rings (SSSR count). The van der Waals surface area contributed by atoms with Crippen molar-refractivity contribution >= 4 is 29.4 Å². The minimum atomic E-state index is -0.906. The van der Waals surface area contributed by atoms with E-state index in [0.717, 1.165) is 5.56 Å². The summed E-state index contributed by atoms with van der Waals surface area (Å²) in [7, 11) is 0. The third-order valence-electron chi connectivity index (χ3n) is 2.89. The molecule has 0 bridgehead atoms. The first-order valence-electron chi connectivity index (χ1n) is 6.92. The fraction of sp³-hybridized carbons (Fsp3) is 0.500. The van der Waals surface area contributed by atoms with Crippen molar-refractivity contribution in [2.24, 2.45) is 5.41 Å². The average molecular weight is 328 g/mol. The SMILES string of the molecule is CC(C)(C)OC(=O)Nc1cc(CC(C)(C)C(=O)O)ccc1Cl. The van der Waals surface area contributed by atoms with Gasteiger partial charge in [0.25, 0.3) is 0 Å². The van der Waals surface area contributed by atoms with E-state index in [1.807, 2.05) is 0 Å². The van der Waals surface area contributed by atoms with Gasteiger partial charge in [0.15, 0.2) is 0 Å². The quantitative estimate of drug-likeness (QED) is 0.862. The highest BCUT2D eigenvalue weighted by atomic mass is 35.5. The molecule has 2 N–H and O–H groups in total. The van der Waals surface area contributed by atoms with E-state index >= 15 is 0 Å². The highest BCUT2D eigenvalue weighted by Gasteiger charge is 2.27. The summed E-state index contributed by atoms with van der Waals surface area (Å²) in [5.74, 6) is -0.885. The van der Waals surface area contributed by atoms with E-state index in [2.05, 4.69) is 5.32 Å². The molecule has 0 atom stereocenters. The van der Waals surface area contributed by atoms with Crippen molar-refractivity contribution < 1.29 is 19.4 Å². The molecule has 0 heterocycles. The lowest BCUT2D eigenvalue weighted by molar-refractivity contribution is -0.146. The lowest BCUT2D eigenvalue weighted by Crippen LogP contribution is -2.27. The van der Waals surface area contributed by atoms with Gasteiger partial charge in [-0.05, 0) is 58.7 Å². The molecule has 0 aliphatic heterocycles. The molecule has 0 fully saturated rings. The Morgan fingerprint density at radius 3 is 2.32 bits per heavy atom. The van der Waals surface area contributed by atoms with Gasteiger partial charge in [0.05, 0.1) is 16.1 Å². The Labute approximate surface area is 135 Å². The predicted octanol–water partition coefficient (Wildman–Crippen LogP) is 4.34. The third kappa shape index (κ3) is 5.56. The second kappa shape index (κ2) is 6.57. The smallest absolute Gasteiger partial charge is 0.412 e. The van der Waals surface area contributed by atoms with E-state index in [1.54, 1.807) is 52.8 Å². The number of anilines is 1. The zero-order chi connectivity index (χ0) is 17.1. The number of carbonyl (C=O) groups is 2. The van der Waals surface area contributed by atoms with Crippen LogP contribution in [0.25, 0.3) is 0 Å². The van der Waals surface area contributed by atoms with E-state index in [1.165, 1.54) is 0 Å². The van der Waals surface area contributed by atoms with Crippen molar-refractivity contribution in [1.29, 1.82) is 0 Å². The van der Waals surface area contributed by atoms with E-state index in [4.69, 9.17) is 16.3 Å². The Kier molecular flexibility index (Phi) is 5.46. The molecule has 0 aliphatic rings. The van der Waals surface area contributed by atoms with Gasteiger partial charge in [-0.3, -0.25) is 10.1 Å². The number of rotatable bonds is 4. The molecular formula is C16H22ClNO4. The van der Waals surface area contributed by atoms with Crippen LogP contribution >= 0.6 is 11.6 Å². The van der Waals surface area contributed by atoms with Crippen LogP contribution in [0.4, 0.5) is 10.5 Å². The van der Waals surface area contributed by atoms with Gasteiger partial charge in [-0.25, -0.2) is 4.79 Å². The van der Waals surface area contributed by atoms with Gasteiger partial charge < -0.3 is 9.84 Å². The van der Waals surface area contributed by atoms with Crippen LogP contribution in [0, 0.1) is 5.41 Å². The molecule has 0 saturated carbocycles. The molecule has 0 saturated heterocycles. The standard InChI is InChI=1S/C16H22ClNO4/c1-15(2,3)22-14(21)18-12-8-10(6-7-11(12)17)9-16(4,5)13(19)20/h6-8H,9H2,1-5H3,(H,18,21)(H,19,20). The van der Waals surface area contributed by atoms with Gasteiger partial charge in [-0.15, -0.1) is 0 Å². The number of aliphatic carboxylic acids is 1. The van der Waals surface area contributed by atoms with Gasteiger partial charge in [0.1, 0.15) is 5.60 Å². The molecular weight excluding hydrogens is 306 g/mol. The Hall–Kier alpha value is -1.75. The number of halogens is 1. The van der Waals surface area contributed by atoms with E-state index in [0.29, 0.717) is 17.1 Å². The van der Waals surface area contributed by atoms with Gasteiger partial charge in [-0.2, -0.15) is 0 Å². The molecule has 1 amide bonds. The highest BCUT2D eigenvalue weighted by molar-refractivity contribution is 6.33. The molecule has 1 aromatic carbocycles. The van der Waals surface area contributed by atoms with E-state index in [-0.39, 0.29) is 0 Å². The number of carbonyl (C=O) groups excluding carboxylic acids is 1. The van der Waals surface area contributed by atoms with Crippen LogP contribution in [-0.2, 0) is 16.0 Å². The minimum Gasteiger partial charge on any atom is -0.481 e. The van der Waals surface area contributed by atoms with Crippen molar-refractivity contribution in [2.75, 3.05) is 5.32 Å². The Balaban J connectivity index is 2.91. The van der Waals surface area contributed by atoms with E-state index in [9.17, 15) is 14.7 Å². The second-order valence-corrected chi connectivity index (χ2v) is 7.21. The maximum absolute atomic E-state index is 11.8. The number of carboxylic acid groups (broad SMARTS) is 1. The van der Waals surface area contributed by atoms with Crippen LogP contribution < -0.4 is 5.32 Å². The minimum absolute atomic E-state index is 0.322. The van der Waals surface area contributed by atoms with Crippen LogP contribution in [0.15, 0.2) is 18.2 Å². The van der Waals surface area contributed by atoms with Crippen molar-refractivity contribution in [2.45, 2.75) is 46.6 Å². The molecule has 0 aliphatic carbocycles. The number of hydrogen-bond donors (Lipinski definition) is 2. The van der Waals surface area contributed by atoms with Gasteiger partial charge in [0, 0.05) is 0 Å². The monoisotopic (exact) mass is 327 g/mol. The van der Waals surface area contributed by atoms with Crippen LogP contribution in [-0.4, -0.2) is 22.8 Å². The Morgan fingerprint density at radius 1 is 1.23 bits per heavy atom. The summed E-state index contributed by atoms with van der Waals surface area (Å²) >= 11 is 6.06. The number of hydrogen-bond acceptors (Lipinski definition) is 3. The molecule has 122 valence electrons. The Bertz CT molecular complexity index is 576. The fourth-order valence-electron chi connectivity index (χ4n) is 1.78. The zero-order valence-corrected chi connectivity index (χ0v) is 14.2. The lowest BCUT2D eigenvalue weighted by atomic mass is 9.86. The maximum atomic E-state index is 11.8. The van der Waals surface area contributed by atoms with Gasteiger partial charge >= 0.3 is 12.1 Å². The Morgan fingerprint density at radius 2 is 1.82 bits per heavy atom. The summed E-state index contributed by atoms with van der Waals surface area (Å²) in [5.41, 5.74) is -0.353.